The lowest BCUT2D eigenvalue weighted by Crippen LogP contribution is -2.48. The van der Waals surface area contributed by atoms with Crippen LogP contribution in [0.3, 0.4) is 0 Å². The lowest BCUT2D eigenvalue weighted by molar-refractivity contribution is -0.122. The smallest absolute Gasteiger partial charge is 0.241 e. The van der Waals surface area contributed by atoms with E-state index in [1.807, 2.05) is 31.2 Å². The Morgan fingerprint density at radius 3 is 2.54 bits per heavy atom. The molecule has 140 valence electrons. The van der Waals surface area contributed by atoms with Crippen LogP contribution in [0, 0.1) is 6.92 Å². The lowest BCUT2D eigenvalue weighted by Gasteiger charge is -2.23. The molecule has 0 aliphatic rings. The highest BCUT2D eigenvalue weighted by Gasteiger charge is 2.43. The van der Waals surface area contributed by atoms with Gasteiger partial charge in [-0.05, 0) is 44.5 Å². The summed E-state index contributed by atoms with van der Waals surface area (Å²) < 4.78 is 23.9. The first-order valence-corrected chi connectivity index (χ1v) is 10.9. The van der Waals surface area contributed by atoms with Gasteiger partial charge in [0.15, 0.2) is 9.77 Å². The summed E-state index contributed by atoms with van der Waals surface area (Å²) in [7, 11) is -3.91. The van der Waals surface area contributed by atoms with Gasteiger partial charge in [-0.1, -0.05) is 18.2 Å². The van der Waals surface area contributed by atoms with Crippen molar-refractivity contribution in [3.05, 3.63) is 48.2 Å². The molecule has 2 aromatic rings. The van der Waals surface area contributed by atoms with Gasteiger partial charge in [0.05, 0.1) is 0 Å². The molecule has 1 N–H and O–H groups in total. The van der Waals surface area contributed by atoms with Crippen molar-refractivity contribution < 1.29 is 13.2 Å². The molecule has 1 aromatic carbocycles. The number of benzene rings is 1. The minimum Gasteiger partial charge on any atom is -0.354 e. The Labute approximate surface area is 164 Å². The molecule has 0 radical (unpaired) electrons. The maximum Gasteiger partial charge on any atom is 0.241 e. The highest BCUT2D eigenvalue weighted by molar-refractivity contribution is 7.99. The number of hydrogen-bond donors (Lipinski definition) is 2. The summed E-state index contributed by atoms with van der Waals surface area (Å²) in [5.41, 5.74) is 1.17. The number of nitrogens with one attached hydrogen (secondary N) is 1. The molecule has 26 heavy (non-hydrogen) atoms. The van der Waals surface area contributed by atoms with Crippen molar-refractivity contribution in [1.29, 1.82) is 0 Å². The van der Waals surface area contributed by atoms with E-state index in [0.29, 0.717) is 17.2 Å². The van der Waals surface area contributed by atoms with E-state index in [1.165, 1.54) is 37.7 Å². The number of thiol groups is 1. The van der Waals surface area contributed by atoms with Gasteiger partial charge in [0.25, 0.3) is 0 Å². The number of pyridine rings is 1. The number of sulfone groups is 1. The van der Waals surface area contributed by atoms with E-state index in [0.717, 1.165) is 4.90 Å². The Bertz CT molecular complexity index is 879. The normalized spacial score (nSPS) is 12.0. The Morgan fingerprint density at radius 2 is 1.92 bits per heavy atom. The van der Waals surface area contributed by atoms with Crippen LogP contribution in [0.25, 0.3) is 0 Å². The molecule has 0 aliphatic carbocycles. The Kier molecular flexibility index (Phi) is 6.76. The molecule has 1 aromatic heterocycles. The number of rotatable bonds is 7. The molecule has 0 aliphatic heterocycles. The van der Waals surface area contributed by atoms with Crippen LogP contribution in [0.4, 0.5) is 0 Å². The van der Waals surface area contributed by atoms with Crippen LogP contribution in [-0.2, 0) is 14.6 Å². The summed E-state index contributed by atoms with van der Waals surface area (Å²) in [5.74, 6) is 0.110. The number of carbonyl (C=O) groups excluding carboxylic acids is 1. The van der Waals surface area contributed by atoms with Crippen LogP contribution in [0.5, 0.6) is 0 Å². The zero-order chi connectivity index (χ0) is 19.4. The molecule has 0 saturated heterocycles. The predicted molar refractivity (Wildman–Crippen MR) is 108 cm³/mol. The van der Waals surface area contributed by atoms with Crippen LogP contribution in [0.2, 0.25) is 0 Å². The van der Waals surface area contributed by atoms with Gasteiger partial charge in [-0.25, -0.2) is 13.4 Å². The van der Waals surface area contributed by atoms with Crippen molar-refractivity contribution in [1.82, 2.24) is 10.3 Å². The van der Waals surface area contributed by atoms with Gasteiger partial charge in [-0.15, -0.1) is 24.4 Å². The molecule has 0 unspecified atom stereocenters. The summed E-state index contributed by atoms with van der Waals surface area (Å²) in [6, 6.07) is 10.9. The lowest BCUT2D eigenvalue weighted by atomic mass is 10.2. The second-order valence-electron chi connectivity index (χ2n) is 6.24. The van der Waals surface area contributed by atoms with Crippen molar-refractivity contribution in [2.45, 2.75) is 40.3 Å². The number of hydrogen-bond acceptors (Lipinski definition) is 6. The van der Waals surface area contributed by atoms with Crippen molar-refractivity contribution in [2.24, 2.45) is 0 Å². The van der Waals surface area contributed by atoms with E-state index < -0.39 is 20.5 Å². The second kappa shape index (κ2) is 8.45. The monoisotopic (exact) mass is 410 g/mol. The summed E-state index contributed by atoms with van der Waals surface area (Å²) in [5, 5.41) is 2.58. The first-order chi connectivity index (χ1) is 12.2. The Hall–Kier alpha value is -1.51. The zero-order valence-electron chi connectivity index (χ0n) is 14.9. The van der Waals surface area contributed by atoms with Crippen molar-refractivity contribution in [3.63, 3.8) is 0 Å². The summed E-state index contributed by atoms with van der Waals surface area (Å²) in [6.45, 7) is 5.18. The van der Waals surface area contributed by atoms with Crippen LogP contribution >= 0.6 is 24.4 Å². The highest BCUT2D eigenvalue weighted by atomic mass is 32.2. The van der Waals surface area contributed by atoms with E-state index in [1.54, 1.807) is 11.8 Å². The molecule has 1 heterocycles. The molecular weight excluding hydrogens is 388 g/mol. The Morgan fingerprint density at radius 1 is 1.23 bits per heavy atom. The number of nitrogens with zero attached hydrogens (tertiary/aromatic N) is 1. The summed E-state index contributed by atoms with van der Waals surface area (Å²) in [6.07, 6.45) is 1.35. The van der Waals surface area contributed by atoms with Crippen LogP contribution in [0.1, 0.15) is 19.4 Å². The van der Waals surface area contributed by atoms with E-state index >= 15 is 0 Å². The van der Waals surface area contributed by atoms with Gasteiger partial charge >= 0.3 is 0 Å². The van der Waals surface area contributed by atoms with E-state index in [2.05, 4.69) is 22.9 Å². The molecular formula is C18H22N2O3S3. The number of aromatic nitrogens is 1. The number of aryl methyl sites for hydroxylation is 1. The topological polar surface area (TPSA) is 76.1 Å². The van der Waals surface area contributed by atoms with E-state index in [4.69, 9.17) is 0 Å². The third-order valence-corrected chi connectivity index (χ3v) is 7.72. The fourth-order valence-electron chi connectivity index (χ4n) is 2.17. The molecule has 0 saturated carbocycles. The molecule has 0 atom stereocenters. The van der Waals surface area contributed by atoms with Crippen molar-refractivity contribution in [2.75, 3.05) is 12.3 Å². The first kappa shape index (κ1) is 20.8. The third-order valence-electron chi connectivity index (χ3n) is 3.95. The number of amides is 1. The summed E-state index contributed by atoms with van der Waals surface area (Å²) in [4.78, 5) is 18.1. The maximum atomic E-state index is 12.8. The summed E-state index contributed by atoms with van der Waals surface area (Å²) >= 11 is 5.72. The highest BCUT2D eigenvalue weighted by Crippen LogP contribution is 2.25. The van der Waals surface area contributed by atoms with Gasteiger partial charge < -0.3 is 5.32 Å². The average Bonchev–Trinajstić information content (AvgIpc) is 2.60. The van der Waals surface area contributed by atoms with Gasteiger partial charge in [0.1, 0.15) is 0 Å². The van der Waals surface area contributed by atoms with Crippen LogP contribution in [0.15, 0.2) is 57.4 Å². The average molecular weight is 411 g/mol. The molecule has 1 amide bonds. The second-order valence-corrected chi connectivity index (χ2v) is 10.3. The third kappa shape index (κ3) is 4.61. The minimum atomic E-state index is -3.91. The molecule has 8 heteroatoms. The van der Waals surface area contributed by atoms with Gasteiger partial charge in [-0.3, -0.25) is 4.79 Å². The molecule has 0 bridgehead atoms. The Balaban J connectivity index is 1.98. The molecule has 2 rings (SSSR count). The van der Waals surface area contributed by atoms with Gasteiger partial charge in [-0.2, -0.15) is 0 Å². The fourth-order valence-corrected chi connectivity index (χ4v) is 4.48. The van der Waals surface area contributed by atoms with E-state index in [9.17, 15) is 13.2 Å². The number of thioether (sulfide) groups is 1. The first-order valence-electron chi connectivity index (χ1n) is 8.02. The quantitative estimate of drug-likeness (QED) is 0.417. The van der Waals surface area contributed by atoms with Crippen LogP contribution < -0.4 is 5.32 Å². The van der Waals surface area contributed by atoms with Crippen molar-refractivity contribution >= 4 is 40.1 Å². The van der Waals surface area contributed by atoms with E-state index in [-0.39, 0.29) is 5.03 Å². The van der Waals surface area contributed by atoms with Gasteiger partial charge in [0.2, 0.25) is 15.7 Å². The van der Waals surface area contributed by atoms with Gasteiger partial charge in [0, 0.05) is 28.3 Å². The minimum absolute atomic E-state index is 0.135. The van der Waals surface area contributed by atoms with Crippen molar-refractivity contribution in [3.8, 4) is 0 Å². The standard InChI is InChI=1S/C18H22N2O3S3/c1-13-6-4-5-7-15(13)25-11-10-19-17(21)18(2,3)26(22,23)16-9-8-14(24)12-20-16/h4-9,12,24H,10-11H2,1-3H3,(H,19,21). The SMILES string of the molecule is Cc1ccccc1SCCNC(=O)C(C)(C)S(=O)(=O)c1ccc(S)cn1. The zero-order valence-corrected chi connectivity index (χ0v) is 17.4. The predicted octanol–water partition coefficient (Wildman–Crippen LogP) is 3.14. The van der Waals surface area contributed by atoms with Crippen LogP contribution in [-0.4, -0.2) is 36.4 Å². The molecule has 5 nitrogen and oxygen atoms in total. The molecule has 0 fully saturated rings. The number of carbonyl (C=O) groups is 1. The maximum absolute atomic E-state index is 12.8. The molecule has 0 spiro atoms. The fraction of sp³-hybridized carbons (Fsp3) is 0.333. The largest absolute Gasteiger partial charge is 0.354 e.